The van der Waals surface area contributed by atoms with Crippen molar-refractivity contribution in [3.63, 3.8) is 0 Å². The Bertz CT molecular complexity index is 560. The van der Waals surface area contributed by atoms with Gasteiger partial charge in [-0.15, -0.1) is 0 Å². The summed E-state index contributed by atoms with van der Waals surface area (Å²) in [6, 6.07) is 5.84. The molecule has 0 fully saturated rings. The van der Waals surface area contributed by atoms with E-state index in [0.717, 1.165) is 34.1 Å². The van der Waals surface area contributed by atoms with Crippen molar-refractivity contribution in [1.29, 1.82) is 0 Å². The van der Waals surface area contributed by atoms with Gasteiger partial charge < -0.3 is 9.47 Å². The minimum absolute atomic E-state index is 0.716. The summed E-state index contributed by atoms with van der Waals surface area (Å²) >= 11 is 0. The Morgan fingerprint density at radius 1 is 1.00 bits per heavy atom. The average molecular weight is 258 g/mol. The fourth-order valence-electron chi connectivity index (χ4n) is 1.92. The van der Waals surface area contributed by atoms with Gasteiger partial charge in [0.15, 0.2) is 0 Å². The van der Waals surface area contributed by atoms with E-state index in [0.29, 0.717) is 6.42 Å². The first-order chi connectivity index (χ1) is 9.12. The van der Waals surface area contributed by atoms with Crippen LogP contribution >= 0.6 is 0 Å². The summed E-state index contributed by atoms with van der Waals surface area (Å²) in [6.45, 7) is 3.92. The van der Waals surface area contributed by atoms with E-state index < -0.39 is 0 Å². The molecule has 1 heterocycles. The Labute approximate surface area is 113 Å². The predicted molar refractivity (Wildman–Crippen MR) is 73.9 cm³/mol. The largest absolute Gasteiger partial charge is 0.497 e. The van der Waals surface area contributed by atoms with E-state index in [2.05, 4.69) is 9.97 Å². The van der Waals surface area contributed by atoms with Gasteiger partial charge in [0.25, 0.3) is 0 Å². The molecule has 100 valence electrons. The molecule has 2 rings (SSSR count). The van der Waals surface area contributed by atoms with Crippen molar-refractivity contribution < 1.29 is 9.47 Å². The molecule has 4 nitrogen and oxygen atoms in total. The number of aryl methyl sites for hydroxylation is 2. The van der Waals surface area contributed by atoms with E-state index in [1.54, 1.807) is 20.4 Å². The fraction of sp³-hybridized carbons (Fsp3) is 0.333. The summed E-state index contributed by atoms with van der Waals surface area (Å²) in [4.78, 5) is 8.87. The van der Waals surface area contributed by atoms with Crippen LogP contribution in [0, 0.1) is 13.8 Å². The first kappa shape index (κ1) is 13.3. The highest BCUT2D eigenvalue weighted by Crippen LogP contribution is 2.24. The van der Waals surface area contributed by atoms with Crippen LogP contribution in [0.2, 0.25) is 0 Å². The lowest BCUT2D eigenvalue weighted by atomic mass is 10.1. The Hall–Kier alpha value is -2.10. The van der Waals surface area contributed by atoms with Crippen molar-refractivity contribution in [2.24, 2.45) is 0 Å². The molecule has 0 amide bonds. The number of benzene rings is 1. The molecule has 1 aromatic carbocycles. The van der Waals surface area contributed by atoms with Crippen molar-refractivity contribution in [1.82, 2.24) is 9.97 Å². The number of aromatic nitrogens is 2. The summed E-state index contributed by atoms with van der Waals surface area (Å²) in [5, 5.41) is 0. The van der Waals surface area contributed by atoms with Gasteiger partial charge >= 0.3 is 0 Å². The first-order valence-electron chi connectivity index (χ1n) is 6.13. The molecule has 0 unspecified atom stereocenters. The van der Waals surface area contributed by atoms with Gasteiger partial charge in [-0.1, -0.05) is 0 Å². The van der Waals surface area contributed by atoms with E-state index in [1.807, 2.05) is 32.0 Å². The van der Waals surface area contributed by atoms with Gasteiger partial charge in [-0.25, -0.2) is 0 Å². The van der Waals surface area contributed by atoms with Gasteiger partial charge in [0.1, 0.15) is 11.5 Å². The Morgan fingerprint density at radius 3 is 2.21 bits per heavy atom. The maximum Gasteiger partial charge on any atom is 0.122 e. The number of ether oxygens (including phenoxy) is 2. The number of hydrogen-bond acceptors (Lipinski definition) is 4. The van der Waals surface area contributed by atoms with Crippen molar-refractivity contribution >= 4 is 0 Å². The van der Waals surface area contributed by atoms with E-state index in [4.69, 9.17) is 9.47 Å². The number of rotatable bonds is 4. The highest BCUT2D eigenvalue weighted by molar-refractivity contribution is 5.40. The summed E-state index contributed by atoms with van der Waals surface area (Å²) in [7, 11) is 3.30. The zero-order valence-corrected chi connectivity index (χ0v) is 11.7. The monoisotopic (exact) mass is 258 g/mol. The fourth-order valence-corrected chi connectivity index (χ4v) is 1.92. The highest BCUT2D eigenvalue weighted by Gasteiger charge is 2.07. The van der Waals surface area contributed by atoms with Crippen LogP contribution in [0.15, 0.2) is 24.4 Å². The third kappa shape index (κ3) is 3.22. The van der Waals surface area contributed by atoms with Gasteiger partial charge in [-0.05, 0) is 31.5 Å². The van der Waals surface area contributed by atoms with Crippen LogP contribution in [0.1, 0.15) is 22.6 Å². The van der Waals surface area contributed by atoms with Crippen molar-refractivity contribution in [3.8, 4) is 11.5 Å². The molecule has 1 aromatic heterocycles. The molecule has 0 spiro atoms. The molecule has 2 aromatic rings. The molecule has 0 aliphatic heterocycles. The SMILES string of the molecule is COc1cc(Cc2nc(C)cnc2C)cc(OC)c1. The number of nitrogens with zero attached hydrogens (tertiary/aromatic N) is 2. The lowest BCUT2D eigenvalue weighted by Crippen LogP contribution is -2.01. The summed E-state index contributed by atoms with van der Waals surface area (Å²) in [5.74, 6) is 1.57. The maximum absolute atomic E-state index is 5.27. The molecule has 19 heavy (non-hydrogen) atoms. The molecule has 0 radical (unpaired) electrons. The highest BCUT2D eigenvalue weighted by atomic mass is 16.5. The van der Waals surface area contributed by atoms with Crippen molar-refractivity contribution in [2.45, 2.75) is 20.3 Å². The molecule has 4 heteroatoms. The molecule has 0 saturated heterocycles. The van der Waals surface area contributed by atoms with E-state index in [-0.39, 0.29) is 0 Å². The van der Waals surface area contributed by atoms with Crippen molar-refractivity contribution in [3.05, 3.63) is 47.0 Å². The van der Waals surface area contributed by atoms with Gasteiger partial charge in [-0.2, -0.15) is 0 Å². The van der Waals surface area contributed by atoms with Crippen molar-refractivity contribution in [2.75, 3.05) is 14.2 Å². The van der Waals surface area contributed by atoms with E-state index in [1.165, 1.54) is 0 Å². The average Bonchev–Trinajstić information content (AvgIpc) is 2.42. The Kier molecular flexibility index (Phi) is 4.00. The van der Waals surface area contributed by atoms with Crippen LogP contribution < -0.4 is 9.47 Å². The zero-order valence-electron chi connectivity index (χ0n) is 11.7. The summed E-state index contributed by atoms with van der Waals surface area (Å²) in [5.41, 5.74) is 3.96. The lowest BCUT2D eigenvalue weighted by molar-refractivity contribution is 0.393. The van der Waals surface area contributed by atoms with Gasteiger partial charge in [0.2, 0.25) is 0 Å². The normalized spacial score (nSPS) is 10.3. The van der Waals surface area contributed by atoms with Gasteiger partial charge in [-0.3, -0.25) is 9.97 Å². The molecule has 0 aliphatic carbocycles. The molecule has 0 N–H and O–H groups in total. The van der Waals surface area contributed by atoms with Crippen LogP contribution in [0.5, 0.6) is 11.5 Å². The predicted octanol–water partition coefficient (Wildman–Crippen LogP) is 2.70. The third-order valence-corrected chi connectivity index (χ3v) is 2.96. The number of hydrogen-bond donors (Lipinski definition) is 0. The Morgan fingerprint density at radius 2 is 1.63 bits per heavy atom. The minimum atomic E-state index is 0.716. The van der Waals surface area contributed by atoms with Gasteiger partial charge in [0.05, 0.1) is 31.3 Å². The molecule has 0 atom stereocenters. The summed E-state index contributed by atoms with van der Waals surface area (Å²) < 4.78 is 10.5. The molecular formula is C15H18N2O2. The van der Waals surface area contributed by atoms with Crippen LogP contribution in [0.25, 0.3) is 0 Å². The first-order valence-corrected chi connectivity index (χ1v) is 6.13. The lowest BCUT2D eigenvalue weighted by Gasteiger charge is -2.09. The Balaban J connectivity index is 2.34. The van der Waals surface area contributed by atoms with E-state index in [9.17, 15) is 0 Å². The van der Waals surface area contributed by atoms with Crippen LogP contribution in [-0.4, -0.2) is 24.2 Å². The maximum atomic E-state index is 5.27. The second kappa shape index (κ2) is 5.69. The third-order valence-electron chi connectivity index (χ3n) is 2.96. The second-order valence-corrected chi connectivity index (χ2v) is 4.44. The smallest absolute Gasteiger partial charge is 0.122 e. The number of methoxy groups -OCH3 is 2. The topological polar surface area (TPSA) is 44.2 Å². The zero-order chi connectivity index (χ0) is 13.8. The molecular weight excluding hydrogens is 240 g/mol. The molecule has 0 saturated carbocycles. The quantitative estimate of drug-likeness (QED) is 0.845. The van der Waals surface area contributed by atoms with E-state index >= 15 is 0 Å². The summed E-state index contributed by atoms with van der Waals surface area (Å²) in [6.07, 6.45) is 2.50. The second-order valence-electron chi connectivity index (χ2n) is 4.44. The molecule has 0 bridgehead atoms. The van der Waals surface area contributed by atoms with Crippen LogP contribution in [-0.2, 0) is 6.42 Å². The van der Waals surface area contributed by atoms with Crippen LogP contribution in [0.4, 0.5) is 0 Å². The van der Waals surface area contributed by atoms with Crippen LogP contribution in [0.3, 0.4) is 0 Å². The molecule has 0 aliphatic rings. The van der Waals surface area contributed by atoms with Gasteiger partial charge in [0, 0.05) is 18.7 Å². The standard InChI is InChI=1S/C15H18N2O2/c1-10-9-16-11(2)15(17-10)7-12-5-13(18-3)8-14(6-12)19-4/h5-6,8-9H,7H2,1-4H3. The minimum Gasteiger partial charge on any atom is -0.497 e.